The van der Waals surface area contributed by atoms with Gasteiger partial charge in [-0.15, -0.1) is 0 Å². The van der Waals surface area contributed by atoms with Gasteiger partial charge in [0.05, 0.1) is 0 Å². The van der Waals surface area contributed by atoms with E-state index in [-0.39, 0.29) is 5.91 Å². The first-order valence-electron chi connectivity index (χ1n) is 4.72. The molecule has 1 aromatic rings. The molecule has 16 heavy (non-hydrogen) atoms. The first kappa shape index (κ1) is 13.0. The van der Waals surface area contributed by atoms with Crippen molar-refractivity contribution in [2.75, 3.05) is 0 Å². The van der Waals surface area contributed by atoms with Crippen LogP contribution in [0, 0.1) is 10.5 Å². The monoisotopic (exact) mass is 333 g/mol. The van der Waals surface area contributed by atoms with E-state index < -0.39 is 12.0 Å². The SMILES string of the molecule is Cc1c(I)cccc1C(=O)N[C@H](C)C(=O)O. The number of nitrogens with one attached hydrogen (secondary N) is 1. The highest BCUT2D eigenvalue weighted by molar-refractivity contribution is 14.1. The first-order valence-corrected chi connectivity index (χ1v) is 5.80. The van der Waals surface area contributed by atoms with Crippen LogP contribution in [0.4, 0.5) is 0 Å². The van der Waals surface area contributed by atoms with Crippen molar-refractivity contribution in [3.8, 4) is 0 Å². The van der Waals surface area contributed by atoms with Gasteiger partial charge in [0, 0.05) is 9.13 Å². The third kappa shape index (κ3) is 2.94. The van der Waals surface area contributed by atoms with Crippen molar-refractivity contribution < 1.29 is 14.7 Å². The molecule has 1 aromatic carbocycles. The van der Waals surface area contributed by atoms with Crippen LogP contribution in [0.5, 0.6) is 0 Å². The van der Waals surface area contributed by atoms with Gasteiger partial charge in [-0.3, -0.25) is 9.59 Å². The van der Waals surface area contributed by atoms with Crippen molar-refractivity contribution in [2.24, 2.45) is 0 Å². The van der Waals surface area contributed by atoms with Crippen molar-refractivity contribution in [2.45, 2.75) is 19.9 Å². The molecule has 0 saturated carbocycles. The number of carboxylic acid groups (broad SMARTS) is 1. The second-order valence-electron chi connectivity index (χ2n) is 3.45. The topological polar surface area (TPSA) is 66.4 Å². The fourth-order valence-electron chi connectivity index (χ4n) is 1.19. The summed E-state index contributed by atoms with van der Waals surface area (Å²) in [5.41, 5.74) is 1.37. The Hall–Kier alpha value is -1.11. The first-order chi connectivity index (χ1) is 7.43. The van der Waals surface area contributed by atoms with Gasteiger partial charge in [-0.05, 0) is 54.1 Å². The fourth-order valence-corrected chi connectivity index (χ4v) is 1.69. The molecular formula is C11H12INO3. The van der Waals surface area contributed by atoms with Crippen molar-refractivity contribution in [3.63, 3.8) is 0 Å². The highest BCUT2D eigenvalue weighted by atomic mass is 127. The number of benzene rings is 1. The molecule has 0 unspecified atom stereocenters. The number of aliphatic carboxylic acids is 1. The van der Waals surface area contributed by atoms with Gasteiger partial charge in [-0.1, -0.05) is 6.07 Å². The maximum absolute atomic E-state index is 11.8. The quantitative estimate of drug-likeness (QED) is 0.829. The summed E-state index contributed by atoms with van der Waals surface area (Å²) in [4.78, 5) is 22.4. The van der Waals surface area contributed by atoms with Crippen LogP contribution in [-0.4, -0.2) is 23.0 Å². The summed E-state index contributed by atoms with van der Waals surface area (Å²) in [5, 5.41) is 11.1. The van der Waals surface area contributed by atoms with Crippen LogP contribution in [-0.2, 0) is 4.79 Å². The van der Waals surface area contributed by atoms with Gasteiger partial charge in [-0.25, -0.2) is 0 Å². The van der Waals surface area contributed by atoms with Gasteiger partial charge in [0.2, 0.25) is 0 Å². The molecule has 0 aliphatic rings. The molecule has 5 heteroatoms. The molecule has 0 heterocycles. The highest BCUT2D eigenvalue weighted by Crippen LogP contribution is 2.15. The number of amides is 1. The molecule has 0 aliphatic heterocycles. The Morgan fingerprint density at radius 1 is 1.44 bits per heavy atom. The molecule has 0 aliphatic carbocycles. The zero-order valence-electron chi connectivity index (χ0n) is 8.95. The lowest BCUT2D eigenvalue weighted by Crippen LogP contribution is -2.38. The number of carboxylic acids is 1. The van der Waals surface area contributed by atoms with E-state index in [4.69, 9.17) is 5.11 Å². The largest absolute Gasteiger partial charge is 0.480 e. The van der Waals surface area contributed by atoms with E-state index in [0.29, 0.717) is 5.56 Å². The molecule has 1 rings (SSSR count). The van der Waals surface area contributed by atoms with E-state index in [9.17, 15) is 9.59 Å². The second kappa shape index (κ2) is 5.29. The summed E-state index contributed by atoms with van der Waals surface area (Å²) in [6, 6.07) is 4.47. The number of halogens is 1. The Kier molecular flexibility index (Phi) is 4.28. The van der Waals surface area contributed by atoms with E-state index in [1.165, 1.54) is 6.92 Å². The minimum atomic E-state index is -1.04. The van der Waals surface area contributed by atoms with E-state index in [0.717, 1.165) is 9.13 Å². The molecule has 0 fully saturated rings. The maximum Gasteiger partial charge on any atom is 0.325 e. The summed E-state index contributed by atoms with van der Waals surface area (Å²) >= 11 is 2.13. The minimum absolute atomic E-state index is 0.356. The number of carbonyl (C=O) groups excluding carboxylic acids is 1. The Morgan fingerprint density at radius 3 is 2.62 bits per heavy atom. The van der Waals surface area contributed by atoms with E-state index in [2.05, 4.69) is 27.9 Å². The Labute approximate surface area is 107 Å². The van der Waals surface area contributed by atoms with Gasteiger partial charge in [-0.2, -0.15) is 0 Å². The maximum atomic E-state index is 11.8. The lowest BCUT2D eigenvalue weighted by atomic mass is 10.1. The van der Waals surface area contributed by atoms with E-state index in [1.807, 2.05) is 13.0 Å². The molecule has 1 amide bonds. The van der Waals surface area contributed by atoms with Crippen molar-refractivity contribution in [3.05, 3.63) is 32.9 Å². The summed E-state index contributed by atoms with van der Waals surface area (Å²) < 4.78 is 0.980. The van der Waals surface area contributed by atoms with Crippen LogP contribution in [0.1, 0.15) is 22.8 Å². The minimum Gasteiger partial charge on any atom is -0.480 e. The third-order valence-corrected chi connectivity index (χ3v) is 3.40. The number of rotatable bonds is 3. The number of hydrogen-bond acceptors (Lipinski definition) is 2. The van der Waals surface area contributed by atoms with E-state index >= 15 is 0 Å². The van der Waals surface area contributed by atoms with Crippen LogP contribution < -0.4 is 5.32 Å². The van der Waals surface area contributed by atoms with Crippen molar-refractivity contribution in [1.82, 2.24) is 5.32 Å². The van der Waals surface area contributed by atoms with E-state index in [1.54, 1.807) is 12.1 Å². The lowest BCUT2D eigenvalue weighted by molar-refractivity contribution is -0.138. The normalized spacial score (nSPS) is 11.9. The molecule has 2 N–H and O–H groups in total. The third-order valence-electron chi connectivity index (χ3n) is 2.23. The molecule has 1 atom stereocenters. The molecule has 0 saturated heterocycles. The zero-order chi connectivity index (χ0) is 12.3. The molecule has 4 nitrogen and oxygen atoms in total. The molecule has 0 aromatic heterocycles. The van der Waals surface area contributed by atoms with Gasteiger partial charge in [0.25, 0.3) is 5.91 Å². The Bertz CT molecular complexity index is 431. The Morgan fingerprint density at radius 2 is 2.06 bits per heavy atom. The van der Waals surface area contributed by atoms with Gasteiger partial charge < -0.3 is 10.4 Å². The molecule has 0 bridgehead atoms. The summed E-state index contributed by atoms with van der Waals surface area (Å²) in [5.74, 6) is -1.40. The van der Waals surface area contributed by atoms with Crippen LogP contribution in [0.15, 0.2) is 18.2 Å². The Balaban J connectivity index is 2.89. The van der Waals surface area contributed by atoms with Crippen LogP contribution in [0.25, 0.3) is 0 Å². The summed E-state index contributed by atoms with van der Waals surface area (Å²) in [6.07, 6.45) is 0. The zero-order valence-corrected chi connectivity index (χ0v) is 11.1. The highest BCUT2D eigenvalue weighted by Gasteiger charge is 2.16. The van der Waals surface area contributed by atoms with Crippen LogP contribution in [0.3, 0.4) is 0 Å². The van der Waals surface area contributed by atoms with Gasteiger partial charge >= 0.3 is 5.97 Å². The van der Waals surface area contributed by atoms with Crippen LogP contribution in [0.2, 0.25) is 0 Å². The van der Waals surface area contributed by atoms with Gasteiger partial charge in [0.1, 0.15) is 6.04 Å². The smallest absolute Gasteiger partial charge is 0.325 e. The molecule has 0 spiro atoms. The second-order valence-corrected chi connectivity index (χ2v) is 4.61. The summed E-state index contributed by atoms with van der Waals surface area (Å²) in [7, 11) is 0. The van der Waals surface area contributed by atoms with Gasteiger partial charge in [0.15, 0.2) is 0 Å². The molecule has 86 valence electrons. The fraction of sp³-hybridized carbons (Fsp3) is 0.273. The lowest BCUT2D eigenvalue weighted by Gasteiger charge is -2.11. The average Bonchev–Trinajstić information content (AvgIpc) is 2.21. The number of hydrogen-bond donors (Lipinski definition) is 2. The predicted molar refractivity (Wildman–Crippen MR) is 68.5 cm³/mol. The average molecular weight is 333 g/mol. The van der Waals surface area contributed by atoms with Crippen molar-refractivity contribution >= 4 is 34.5 Å². The number of carbonyl (C=O) groups is 2. The molecule has 0 radical (unpaired) electrons. The van der Waals surface area contributed by atoms with Crippen molar-refractivity contribution in [1.29, 1.82) is 0 Å². The summed E-state index contributed by atoms with van der Waals surface area (Å²) in [6.45, 7) is 3.27. The predicted octanol–water partition coefficient (Wildman–Crippen LogP) is 1.80. The van der Waals surface area contributed by atoms with Crippen LogP contribution >= 0.6 is 22.6 Å². The standard InChI is InChI=1S/C11H12INO3/c1-6-8(4-3-5-9(6)12)10(14)13-7(2)11(15)16/h3-5,7H,1-2H3,(H,13,14)(H,15,16)/t7-/m1/s1. The molecular weight excluding hydrogens is 321 g/mol.